The van der Waals surface area contributed by atoms with Gasteiger partial charge in [-0.05, 0) is 49.8 Å². The normalized spacial score (nSPS) is 20.9. The predicted octanol–water partition coefficient (Wildman–Crippen LogP) is 2.52. The summed E-state index contributed by atoms with van der Waals surface area (Å²) in [6, 6.07) is 8.46. The molecule has 18 heavy (non-hydrogen) atoms. The second-order valence-electron chi connectivity index (χ2n) is 5.02. The van der Waals surface area contributed by atoms with Crippen molar-refractivity contribution in [3.8, 4) is 5.75 Å². The molecule has 0 radical (unpaired) electrons. The lowest BCUT2D eigenvalue weighted by Crippen LogP contribution is -2.26. The van der Waals surface area contributed by atoms with Gasteiger partial charge in [0.25, 0.3) is 0 Å². The molecule has 0 amide bonds. The van der Waals surface area contributed by atoms with Gasteiger partial charge in [0.1, 0.15) is 5.75 Å². The highest BCUT2D eigenvalue weighted by Crippen LogP contribution is 2.19. The van der Waals surface area contributed by atoms with Crippen LogP contribution < -0.4 is 10.5 Å². The zero-order valence-corrected chi connectivity index (χ0v) is 11.1. The largest absolute Gasteiger partial charge is 0.497 e. The van der Waals surface area contributed by atoms with Crippen molar-refractivity contribution in [1.82, 2.24) is 0 Å². The van der Waals surface area contributed by atoms with E-state index in [4.69, 9.17) is 15.2 Å². The number of methoxy groups -OCH3 is 1. The summed E-state index contributed by atoms with van der Waals surface area (Å²) in [6.45, 7) is 0.913. The van der Waals surface area contributed by atoms with E-state index in [0.717, 1.165) is 31.6 Å². The maximum atomic E-state index is 6.15. The fourth-order valence-electron chi connectivity index (χ4n) is 2.43. The maximum absolute atomic E-state index is 6.15. The molecular formula is C15H23NO2. The van der Waals surface area contributed by atoms with E-state index in [2.05, 4.69) is 12.1 Å². The molecule has 2 N–H and O–H groups in total. The molecular weight excluding hydrogens is 226 g/mol. The highest BCUT2D eigenvalue weighted by molar-refractivity contribution is 5.27. The van der Waals surface area contributed by atoms with Crippen LogP contribution in [-0.4, -0.2) is 25.9 Å². The molecule has 1 aliphatic rings. The van der Waals surface area contributed by atoms with Crippen LogP contribution in [0.4, 0.5) is 0 Å². The zero-order chi connectivity index (χ0) is 12.8. The molecule has 0 bridgehead atoms. The molecule has 0 saturated carbocycles. The summed E-state index contributed by atoms with van der Waals surface area (Å²) >= 11 is 0. The summed E-state index contributed by atoms with van der Waals surface area (Å²) < 4.78 is 10.8. The minimum absolute atomic E-state index is 0.246. The first-order valence-electron chi connectivity index (χ1n) is 6.78. The number of ether oxygens (including phenoxy) is 2. The lowest BCUT2D eigenvalue weighted by Gasteiger charge is -2.16. The Labute approximate surface area is 109 Å². The highest BCUT2D eigenvalue weighted by atomic mass is 16.5. The highest BCUT2D eigenvalue weighted by Gasteiger charge is 2.18. The van der Waals surface area contributed by atoms with Crippen molar-refractivity contribution in [2.45, 2.75) is 44.2 Å². The molecule has 0 aromatic heterocycles. The molecule has 1 heterocycles. The number of hydrogen-bond donors (Lipinski definition) is 1. The van der Waals surface area contributed by atoms with E-state index in [-0.39, 0.29) is 6.04 Å². The quantitative estimate of drug-likeness (QED) is 0.842. The van der Waals surface area contributed by atoms with Crippen molar-refractivity contribution in [2.24, 2.45) is 5.73 Å². The standard InChI is InChI=1S/C15H23NO2/c1-17-14-8-5-12(6-9-14)4-7-13(16)11-15-3-2-10-18-15/h5-6,8-9,13,15H,2-4,7,10-11,16H2,1H3. The Morgan fingerprint density at radius 3 is 2.78 bits per heavy atom. The maximum Gasteiger partial charge on any atom is 0.118 e. The molecule has 1 aliphatic heterocycles. The third-order valence-corrected chi connectivity index (χ3v) is 3.55. The third kappa shape index (κ3) is 4.00. The van der Waals surface area contributed by atoms with Crippen molar-refractivity contribution in [1.29, 1.82) is 0 Å². The van der Waals surface area contributed by atoms with Crippen LogP contribution in [0.2, 0.25) is 0 Å². The van der Waals surface area contributed by atoms with Gasteiger partial charge in [0.05, 0.1) is 13.2 Å². The fourth-order valence-corrected chi connectivity index (χ4v) is 2.43. The first-order chi connectivity index (χ1) is 8.78. The molecule has 100 valence electrons. The van der Waals surface area contributed by atoms with Gasteiger partial charge in [-0.3, -0.25) is 0 Å². The summed E-state index contributed by atoms with van der Waals surface area (Å²) in [4.78, 5) is 0. The Bertz CT molecular complexity index is 344. The number of nitrogens with two attached hydrogens (primary N) is 1. The molecule has 2 atom stereocenters. The molecule has 0 aliphatic carbocycles. The van der Waals surface area contributed by atoms with Gasteiger partial charge in [-0.1, -0.05) is 12.1 Å². The minimum Gasteiger partial charge on any atom is -0.497 e. The van der Waals surface area contributed by atoms with Crippen LogP contribution in [0.3, 0.4) is 0 Å². The number of rotatable bonds is 6. The summed E-state index contributed by atoms with van der Waals surface area (Å²) in [6.07, 6.45) is 5.81. The Kier molecular flexibility index (Phi) is 5.02. The van der Waals surface area contributed by atoms with Gasteiger partial charge in [-0.25, -0.2) is 0 Å². The van der Waals surface area contributed by atoms with Gasteiger partial charge < -0.3 is 15.2 Å². The van der Waals surface area contributed by atoms with Crippen molar-refractivity contribution in [3.63, 3.8) is 0 Å². The zero-order valence-electron chi connectivity index (χ0n) is 11.1. The molecule has 2 rings (SSSR count). The Hall–Kier alpha value is -1.06. The van der Waals surface area contributed by atoms with Crippen LogP contribution in [-0.2, 0) is 11.2 Å². The summed E-state index contributed by atoms with van der Waals surface area (Å²) in [5, 5.41) is 0. The summed E-state index contributed by atoms with van der Waals surface area (Å²) in [5.74, 6) is 0.905. The van der Waals surface area contributed by atoms with Gasteiger partial charge in [0, 0.05) is 12.6 Å². The monoisotopic (exact) mass is 249 g/mol. The van der Waals surface area contributed by atoms with Crippen LogP contribution in [0.15, 0.2) is 24.3 Å². The molecule has 0 spiro atoms. The van der Waals surface area contributed by atoms with Crippen LogP contribution in [0.25, 0.3) is 0 Å². The van der Waals surface area contributed by atoms with Gasteiger partial charge >= 0.3 is 0 Å². The molecule has 1 aromatic rings. The predicted molar refractivity (Wildman–Crippen MR) is 72.9 cm³/mol. The first kappa shape index (κ1) is 13.4. The van der Waals surface area contributed by atoms with Crippen LogP contribution in [0.5, 0.6) is 5.75 Å². The topological polar surface area (TPSA) is 44.5 Å². The Morgan fingerprint density at radius 2 is 2.17 bits per heavy atom. The summed E-state index contributed by atoms with van der Waals surface area (Å²) in [7, 11) is 1.69. The average Bonchev–Trinajstić information content (AvgIpc) is 2.90. The van der Waals surface area contributed by atoms with Crippen molar-refractivity contribution in [3.05, 3.63) is 29.8 Å². The lowest BCUT2D eigenvalue weighted by atomic mass is 10.0. The van der Waals surface area contributed by atoms with E-state index in [1.807, 2.05) is 12.1 Å². The third-order valence-electron chi connectivity index (χ3n) is 3.55. The van der Waals surface area contributed by atoms with Gasteiger partial charge in [-0.15, -0.1) is 0 Å². The second kappa shape index (κ2) is 6.76. The second-order valence-corrected chi connectivity index (χ2v) is 5.02. The van der Waals surface area contributed by atoms with E-state index < -0.39 is 0 Å². The van der Waals surface area contributed by atoms with Gasteiger partial charge in [-0.2, -0.15) is 0 Å². The lowest BCUT2D eigenvalue weighted by molar-refractivity contribution is 0.0976. The van der Waals surface area contributed by atoms with E-state index in [9.17, 15) is 0 Å². The smallest absolute Gasteiger partial charge is 0.118 e. The molecule has 1 aromatic carbocycles. The van der Waals surface area contributed by atoms with E-state index >= 15 is 0 Å². The molecule has 1 saturated heterocycles. The van der Waals surface area contributed by atoms with Crippen LogP contribution in [0.1, 0.15) is 31.2 Å². The average molecular weight is 249 g/mol. The summed E-state index contributed by atoms with van der Waals surface area (Å²) in [5.41, 5.74) is 7.47. The molecule has 1 fully saturated rings. The van der Waals surface area contributed by atoms with E-state index in [1.165, 1.54) is 18.4 Å². The molecule has 2 unspecified atom stereocenters. The van der Waals surface area contributed by atoms with Crippen molar-refractivity contribution in [2.75, 3.05) is 13.7 Å². The minimum atomic E-state index is 0.246. The fraction of sp³-hybridized carbons (Fsp3) is 0.600. The van der Waals surface area contributed by atoms with Crippen molar-refractivity contribution < 1.29 is 9.47 Å². The molecule has 3 heteroatoms. The molecule has 3 nitrogen and oxygen atoms in total. The Morgan fingerprint density at radius 1 is 1.39 bits per heavy atom. The first-order valence-corrected chi connectivity index (χ1v) is 6.78. The Balaban J connectivity index is 1.72. The number of aryl methyl sites for hydroxylation is 1. The van der Waals surface area contributed by atoms with Gasteiger partial charge in [0.2, 0.25) is 0 Å². The SMILES string of the molecule is COc1ccc(CCC(N)CC2CCCO2)cc1. The number of benzene rings is 1. The van der Waals surface area contributed by atoms with E-state index in [1.54, 1.807) is 7.11 Å². The van der Waals surface area contributed by atoms with Crippen LogP contribution >= 0.6 is 0 Å². The van der Waals surface area contributed by atoms with Gasteiger partial charge in [0.15, 0.2) is 0 Å². The van der Waals surface area contributed by atoms with E-state index in [0.29, 0.717) is 6.10 Å². The van der Waals surface area contributed by atoms with Crippen LogP contribution in [0, 0.1) is 0 Å². The number of hydrogen-bond acceptors (Lipinski definition) is 3. The van der Waals surface area contributed by atoms with Crippen molar-refractivity contribution >= 4 is 0 Å².